The molecule has 0 fully saturated rings. The quantitative estimate of drug-likeness (QED) is 0.420. The van der Waals surface area contributed by atoms with E-state index in [0.29, 0.717) is 18.7 Å². The van der Waals surface area contributed by atoms with Gasteiger partial charge in [-0.05, 0) is 6.07 Å². The zero-order chi connectivity index (χ0) is 15.2. The summed E-state index contributed by atoms with van der Waals surface area (Å²) in [7, 11) is 0. The minimum Gasteiger partial charge on any atom is -0.352 e. The van der Waals surface area contributed by atoms with Crippen molar-refractivity contribution in [3.05, 3.63) is 50.5 Å². The number of hydrogen-bond acceptors (Lipinski definition) is 7. The van der Waals surface area contributed by atoms with E-state index in [0.717, 1.165) is 5.69 Å². The minimum atomic E-state index is -0.563. The first-order chi connectivity index (χ1) is 10.1. The van der Waals surface area contributed by atoms with Gasteiger partial charge >= 0.3 is 0 Å². The Morgan fingerprint density at radius 2 is 2.29 bits per heavy atom. The van der Waals surface area contributed by atoms with Crippen LogP contribution in [-0.4, -0.2) is 22.4 Å². The number of anilines is 1. The van der Waals surface area contributed by atoms with E-state index >= 15 is 0 Å². The predicted octanol–water partition coefficient (Wildman–Crippen LogP) is 1.31. The molecule has 2 aromatic rings. The van der Waals surface area contributed by atoms with Crippen LogP contribution in [0.2, 0.25) is 0 Å². The highest BCUT2D eigenvalue weighted by atomic mass is 32.1. The van der Waals surface area contributed by atoms with Crippen molar-refractivity contribution in [2.24, 2.45) is 5.84 Å². The number of nitro groups is 1. The third-order valence-electron chi connectivity index (χ3n) is 2.76. The van der Waals surface area contributed by atoms with E-state index in [2.05, 4.69) is 15.7 Å². The first-order valence-corrected chi connectivity index (χ1v) is 6.96. The summed E-state index contributed by atoms with van der Waals surface area (Å²) < 4.78 is 0. The van der Waals surface area contributed by atoms with Crippen LogP contribution >= 0.6 is 11.3 Å². The van der Waals surface area contributed by atoms with Gasteiger partial charge in [-0.25, -0.2) is 4.98 Å². The second-order valence-electron chi connectivity index (χ2n) is 4.12. The number of nitrogens with zero attached hydrogens (tertiary/aromatic N) is 2. The van der Waals surface area contributed by atoms with Gasteiger partial charge in [0.2, 0.25) is 0 Å². The number of nitrogen functional groups attached to an aromatic ring is 1. The monoisotopic (exact) mass is 307 g/mol. The maximum atomic E-state index is 12.1. The molecule has 1 heterocycles. The summed E-state index contributed by atoms with van der Waals surface area (Å²) in [6.45, 7) is 0.384. The number of carbonyl (C=O) groups is 1. The highest BCUT2D eigenvalue weighted by molar-refractivity contribution is 7.07. The van der Waals surface area contributed by atoms with E-state index in [4.69, 9.17) is 5.84 Å². The Morgan fingerprint density at radius 1 is 1.48 bits per heavy atom. The number of nitrogens with two attached hydrogens (primary N) is 1. The Hall–Kier alpha value is -2.52. The molecule has 110 valence electrons. The van der Waals surface area contributed by atoms with Crippen molar-refractivity contribution in [1.29, 1.82) is 0 Å². The fraction of sp³-hybridized carbons (Fsp3) is 0.167. The normalized spacial score (nSPS) is 10.1. The van der Waals surface area contributed by atoms with Crippen LogP contribution in [-0.2, 0) is 6.42 Å². The molecule has 0 unspecified atom stereocenters. The average Bonchev–Trinajstić information content (AvgIpc) is 2.99. The molecule has 0 radical (unpaired) electrons. The molecule has 0 atom stereocenters. The Balaban J connectivity index is 2.06. The molecule has 4 N–H and O–H groups in total. The molecule has 1 amide bonds. The van der Waals surface area contributed by atoms with Crippen molar-refractivity contribution >= 4 is 28.6 Å². The third kappa shape index (κ3) is 3.74. The first-order valence-electron chi connectivity index (χ1n) is 6.02. The standard InChI is InChI=1S/C12H13N5O3S/c13-16-11-2-1-9(17(19)20)5-10(11)12(18)14-4-3-8-6-21-7-15-8/h1-2,5-7,16H,3-4,13H2,(H,14,18). The lowest BCUT2D eigenvalue weighted by Crippen LogP contribution is -2.27. The molecule has 1 aromatic carbocycles. The van der Waals surface area contributed by atoms with Crippen molar-refractivity contribution in [1.82, 2.24) is 10.3 Å². The van der Waals surface area contributed by atoms with Crippen LogP contribution in [0.5, 0.6) is 0 Å². The van der Waals surface area contributed by atoms with Crippen LogP contribution in [0, 0.1) is 10.1 Å². The molecule has 8 nitrogen and oxygen atoms in total. The smallest absolute Gasteiger partial charge is 0.270 e. The van der Waals surface area contributed by atoms with Crippen LogP contribution in [0.4, 0.5) is 11.4 Å². The molecular formula is C12H13N5O3S. The number of hydrazine groups is 1. The first kappa shape index (κ1) is 14.9. The molecular weight excluding hydrogens is 294 g/mol. The van der Waals surface area contributed by atoms with Gasteiger partial charge in [-0.3, -0.25) is 20.8 Å². The van der Waals surface area contributed by atoms with Gasteiger partial charge in [0.15, 0.2) is 0 Å². The number of amides is 1. The van der Waals surface area contributed by atoms with E-state index in [1.807, 2.05) is 5.38 Å². The van der Waals surface area contributed by atoms with Gasteiger partial charge in [0.1, 0.15) is 0 Å². The van der Waals surface area contributed by atoms with E-state index in [1.54, 1.807) is 5.51 Å². The van der Waals surface area contributed by atoms with Gasteiger partial charge in [-0.15, -0.1) is 11.3 Å². The molecule has 0 saturated carbocycles. The number of aromatic nitrogens is 1. The summed E-state index contributed by atoms with van der Waals surface area (Å²) in [6.07, 6.45) is 0.593. The van der Waals surface area contributed by atoms with Crippen LogP contribution < -0.4 is 16.6 Å². The van der Waals surface area contributed by atoms with Gasteiger partial charge in [0.25, 0.3) is 11.6 Å². The van der Waals surface area contributed by atoms with Gasteiger partial charge in [0.05, 0.1) is 27.4 Å². The second kappa shape index (κ2) is 6.77. The van der Waals surface area contributed by atoms with Crippen molar-refractivity contribution in [2.75, 3.05) is 12.0 Å². The molecule has 21 heavy (non-hydrogen) atoms. The van der Waals surface area contributed by atoms with Crippen LogP contribution in [0.3, 0.4) is 0 Å². The Labute approximate surface area is 124 Å². The van der Waals surface area contributed by atoms with Gasteiger partial charge < -0.3 is 10.7 Å². The Morgan fingerprint density at radius 3 is 2.90 bits per heavy atom. The fourth-order valence-corrected chi connectivity index (χ4v) is 2.31. The topological polar surface area (TPSA) is 123 Å². The molecule has 0 aliphatic rings. The number of thiazole rings is 1. The minimum absolute atomic E-state index is 0.130. The Bertz CT molecular complexity index is 644. The van der Waals surface area contributed by atoms with Crippen molar-refractivity contribution in [3.63, 3.8) is 0 Å². The summed E-state index contributed by atoms with van der Waals surface area (Å²) in [4.78, 5) is 26.4. The fourth-order valence-electron chi connectivity index (χ4n) is 1.72. The molecule has 0 spiro atoms. The van der Waals surface area contributed by atoms with Crippen molar-refractivity contribution in [2.45, 2.75) is 6.42 Å². The van der Waals surface area contributed by atoms with Crippen LogP contribution in [0.25, 0.3) is 0 Å². The Kier molecular flexibility index (Phi) is 4.80. The number of nitro benzene ring substituents is 1. The SMILES string of the molecule is NNc1ccc([N+](=O)[O-])cc1C(=O)NCCc1cscn1. The third-order valence-corrected chi connectivity index (χ3v) is 3.40. The maximum Gasteiger partial charge on any atom is 0.270 e. The largest absolute Gasteiger partial charge is 0.352 e. The summed E-state index contributed by atoms with van der Waals surface area (Å²) in [5.74, 6) is 4.88. The molecule has 9 heteroatoms. The van der Waals surface area contributed by atoms with E-state index in [-0.39, 0.29) is 11.3 Å². The summed E-state index contributed by atoms with van der Waals surface area (Å²) in [6, 6.07) is 3.86. The molecule has 0 aliphatic heterocycles. The highest BCUT2D eigenvalue weighted by Gasteiger charge is 2.16. The molecule has 0 saturated heterocycles. The van der Waals surface area contributed by atoms with E-state index in [1.165, 1.54) is 29.5 Å². The van der Waals surface area contributed by atoms with Crippen LogP contribution in [0.15, 0.2) is 29.1 Å². The maximum absolute atomic E-state index is 12.1. The number of carbonyl (C=O) groups excluding carboxylic acids is 1. The molecule has 0 aliphatic carbocycles. The number of benzene rings is 1. The lowest BCUT2D eigenvalue weighted by Gasteiger charge is -2.09. The summed E-state index contributed by atoms with van der Waals surface area (Å²) >= 11 is 1.48. The lowest BCUT2D eigenvalue weighted by molar-refractivity contribution is -0.384. The zero-order valence-electron chi connectivity index (χ0n) is 10.9. The lowest BCUT2D eigenvalue weighted by atomic mass is 10.1. The highest BCUT2D eigenvalue weighted by Crippen LogP contribution is 2.21. The number of rotatable bonds is 6. The number of nitrogens with one attached hydrogen (secondary N) is 2. The summed E-state index contributed by atoms with van der Waals surface area (Å²) in [5, 5.41) is 15.3. The van der Waals surface area contributed by atoms with Crippen molar-refractivity contribution < 1.29 is 9.72 Å². The summed E-state index contributed by atoms with van der Waals surface area (Å²) in [5.41, 5.74) is 5.24. The van der Waals surface area contributed by atoms with E-state index < -0.39 is 10.8 Å². The molecule has 1 aromatic heterocycles. The zero-order valence-corrected chi connectivity index (χ0v) is 11.7. The molecule has 0 bridgehead atoms. The van der Waals surface area contributed by atoms with Gasteiger partial charge in [0, 0.05) is 30.5 Å². The van der Waals surface area contributed by atoms with Crippen LogP contribution in [0.1, 0.15) is 16.1 Å². The molecule has 2 rings (SSSR count). The average molecular weight is 307 g/mol. The van der Waals surface area contributed by atoms with E-state index in [9.17, 15) is 14.9 Å². The van der Waals surface area contributed by atoms with Gasteiger partial charge in [-0.2, -0.15) is 0 Å². The van der Waals surface area contributed by atoms with Gasteiger partial charge in [-0.1, -0.05) is 0 Å². The second-order valence-corrected chi connectivity index (χ2v) is 4.84. The predicted molar refractivity (Wildman–Crippen MR) is 79.1 cm³/mol. The number of hydrogen-bond donors (Lipinski definition) is 3. The van der Waals surface area contributed by atoms with Crippen molar-refractivity contribution in [3.8, 4) is 0 Å². The number of non-ortho nitro benzene ring substituents is 1.